The van der Waals surface area contributed by atoms with Crippen molar-refractivity contribution in [3.63, 3.8) is 0 Å². The third kappa shape index (κ3) is 2.96. The molecular weight excluding hydrogens is 388 g/mol. The molecule has 0 radical (unpaired) electrons. The Morgan fingerprint density at radius 2 is 1.73 bits per heavy atom. The average molecular weight is 409 g/mol. The minimum Gasteiger partial charge on any atom is -0.347 e. The van der Waals surface area contributed by atoms with Gasteiger partial charge in [0.05, 0.1) is 11.1 Å². The molecule has 1 aromatic rings. The van der Waals surface area contributed by atoms with Crippen LogP contribution in [0.4, 0.5) is 14.5 Å². The highest BCUT2D eigenvalue weighted by atomic mass is 19.3. The normalized spacial score (nSPS) is 21.4. The predicted molar refractivity (Wildman–Crippen MR) is 110 cm³/mol. The summed E-state index contributed by atoms with van der Waals surface area (Å²) in [4.78, 5) is 27.6. The number of allylic oxidation sites excluding steroid dienone is 4. The Morgan fingerprint density at radius 1 is 1.10 bits per heavy atom. The molecule has 3 rings (SSSR count). The number of imide groups is 1. The number of amides is 2. The van der Waals surface area contributed by atoms with E-state index < -0.39 is 39.9 Å². The van der Waals surface area contributed by atoms with Crippen molar-refractivity contribution in [2.75, 3.05) is 19.0 Å². The fraction of sp³-hybridized carbons (Fsp3) is 0.261. The van der Waals surface area contributed by atoms with E-state index in [0.29, 0.717) is 11.0 Å². The van der Waals surface area contributed by atoms with E-state index in [4.69, 9.17) is 0 Å². The number of hydrogen-bond donors (Lipinski definition) is 0. The summed E-state index contributed by atoms with van der Waals surface area (Å²) in [6.07, 6.45) is 3.17. The molecule has 2 heterocycles. The van der Waals surface area contributed by atoms with Crippen molar-refractivity contribution in [3.8, 4) is 6.07 Å². The van der Waals surface area contributed by atoms with E-state index in [9.17, 15) is 23.6 Å². The Balaban J connectivity index is 2.24. The maximum atomic E-state index is 14.6. The van der Waals surface area contributed by atoms with E-state index in [1.165, 1.54) is 12.1 Å². The fourth-order valence-electron chi connectivity index (χ4n) is 3.96. The van der Waals surface area contributed by atoms with Crippen LogP contribution in [-0.2, 0) is 15.0 Å². The molecule has 0 bridgehead atoms. The number of carbonyl (C=O) groups excluding carboxylic acids is 2. The van der Waals surface area contributed by atoms with Gasteiger partial charge in [-0.15, -0.1) is 0 Å². The molecule has 0 aliphatic carbocycles. The molecule has 5 nitrogen and oxygen atoms in total. The van der Waals surface area contributed by atoms with Crippen molar-refractivity contribution in [1.29, 1.82) is 5.26 Å². The van der Waals surface area contributed by atoms with Crippen molar-refractivity contribution < 1.29 is 18.4 Å². The Hall–Kier alpha value is -3.53. The van der Waals surface area contributed by atoms with Gasteiger partial charge in [-0.05, 0) is 29.9 Å². The zero-order valence-electron chi connectivity index (χ0n) is 17.2. The Morgan fingerprint density at radius 3 is 2.30 bits per heavy atom. The minimum absolute atomic E-state index is 0.327. The minimum atomic E-state index is -3.72. The molecule has 7 heteroatoms. The molecule has 0 saturated heterocycles. The zero-order chi connectivity index (χ0) is 22.4. The molecule has 154 valence electrons. The number of anilines is 1. The van der Waals surface area contributed by atoms with Crippen LogP contribution in [0.1, 0.15) is 19.4 Å². The number of carbonyl (C=O) groups is 2. The highest BCUT2D eigenvalue weighted by Gasteiger charge is 2.45. The lowest BCUT2D eigenvalue weighted by Gasteiger charge is -2.29. The number of rotatable bonds is 3. The maximum Gasteiger partial charge on any atom is 0.293 e. The van der Waals surface area contributed by atoms with Gasteiger partial charge < -0.3 is 4.90 Å². The maximum absolute atomic E-state index is 14.6. The zero-order valence-corrected chi connectivity index (χ0v) is 17.2. The van der Waals surface area contributed by atoms with E-state index >= 15 is 0 Å². The van der Waals surface area contributed by atoms with Crippen molar-refractivity contribution in [2.24, 2.45) is 0 Å². The van der Waals surface area contributed by atoms with Crippen LogP contribution >= 0.6 is 0 Å². The predicted octanol–water partition coefficient (Wildman–Crippen LogP) is 3.86. The first-order valence-electron chi connectivity index (χ1n) is 9.23. The molecule has 0 fully saturated rings. The molecule has 0 unspecified atom stereocenters. The van der Waals surface area contributed by atoms with Gasteiger partial charge >= 0.3 is 0 Å². The lowest BCUT2D eigenvalue weighted by atomic mass is 9.83. The highest BCUT2D eigenvalue weighted by Crippen LogP contribution is 2.47. The quantitative estimate of drug-likeness (QED) is 0.432. The first kappa shape index (κ1) is 21.2. The molecule has 0 N–H and O–H groups in total. The Labute approximate surface area is 173 Å². The van der Waals surface area contributed by atoms with Crippen LogP contribution in [0.5, 0.6) is 0 Å². The van der Waals surface area contributed by atoms with Crippen LogP contribution in [0.25, 0.3) is 0 Å². The van der Waals surface area contributed by atoms with Gasteiger partial charge in [0, 0.05) is 30.9 Å². The van der Waals surface area contributed by atoms with Gasteiger partial charge in [-0.25, -0.2) is 0 Å². The summed E-state index contributed by atoms with van der Waals surface area (Å²) in [6.45, 7) is 7.09. The fourth-order valence-corrected chi connectivity index (χ4v) is 3.96. The number of benzene rings is 1. The van der Waals surface area contributed by atoms with Gasteiger partial charge in [-0.2, -0.15) is 14.0 Å². The van der Waals surface area contributed by atoms with Crippen LogP contribution < -0.4 is 4.90 Å². The number of nitriles is 1. The van der Waals surface area contributed by atoms with Gasteiger partial charge in [-0.3, -0.25) is 14.5 Å². The molecule has 2 aliphatic rings. The standard InChI is InChI=1S/C23H21F2N3O2/c1-6-23(24,25)19-14(20(29)28(5)21(30)15(19)13-26)11-12-18-22(2,3)16-9-7-8-10-17(16)27(18)4/h6-12H,1H2,2-5H3. The number of alkyl halides is 2. The van der Waals surface area contributed by atoms with Crippen LogP contribution in [0.2, 0.25) is 0 Å². The molecule has 2 amide bonds. The summed E-state index contributed by atoms with van der Waals surface area (Å²) in [5.41, 5.74) is 0.276. The first-order valence-corrected chi connectivity index (χ1v) is 9.23. The summed E-state index contributed by atoms with van der Waals surface area (Å²) in [5, 5.41) is 9.35. The number of hydrogen-bond acceptors (Lipinski definition) is 4. The van der Waals surface area contributed by atoms with Crippen LogP contribution in [0.3, 0.4) is 0 Å². The molecule has 0 saturated carbocycles. The Kier molecular flexibility index (Phi) is 4.99. The molecule has 1 aromatic carbocycles. The third-order valence-corrected chi connectivity index (χ3v) is 5.62. The van der Waals surface area contributed by atoms with Gasteiger partial charge in [-0.1, -0.05) is 38.6 Å². The van der Waals surface area contributed by atoms with Gasteiger partial charge in [0.15, 0.2) is 0 Å². The smallest absolute Gasteiger partial charge is 0.293 e. The van der Waals surface area contributed by atoms with Gasteiger partial charge in [0.1, 0.15) is 11.6 Å². The Bertz CT molecular complexity index is 1100. The highest BCUT2D eigenvalue weighted by molar-refractivity contribution is 6.18. The lowest BCUT2D eigenvalue weighted by Crippen LogP contribution is -2.43. The number of para-hydroxylation sites is 1. The number of halogens is 2. The summed E-state index contributed by atoms with van der Waals surface area (Å²) >= 11 is 0. The number of likely N-dealkylation sites (N-methyl/N-ethyl adjacent to an activating group) is 2. The lowest BCUT2D eigenvalue weighted by molar-refractivity contribution is -0.139. The summed E-state index contributed by atoms with van der Waals surface area (Å²) < 4.78 is 29.2. The van der Waals surface area contributed by atoms with E-state index in [-0.39, 0.29) is 0 Å². The average Bonchev–Trinajstić information content (AvgIpc) is 2.91. The van der Waals surface area contributed by atoms with Crippen LogP contribution in [0.15, 0.2) is 71.5 Å². The van der Waals surface area contributed by atoms with Crippen LogP contribution in [-0.4, -0.2) is 36.7 Å². The van der Waals surface area contributed by atoms with E-state index in [2.05, 4.69) is 6.58 Å². The largest absolute Gasteiger partial charge is 0.347 e. The number of fused-ring (bicyclic) bond motifs is 1. The first-order chi connectivity index (χ1) is 14.0. The van der Waals surface area contributed by atoms with E-state index in [0.717, 1.165) is 24.0 Å². The third-order valence-electron chi connectivity index (χ3n) is 5.62. The summed E-state index contributed by atoms with van der Waals surface area (Å²) in [5.74, 6) is -5.68. The molecule has 0 atom stereocenters. The van der Waals surface area contributed by atoms with Crippen molar-refractivity contribution in [3.05, 3.63) is 77.1 Å². The van der Waals surface area contributed by atoms with E-state index in [1.54, 1.807) is 6.08 Å². The molecule has 0 spiro atoms. The van der Waals surface area contributed by atoms with Gasteiger partial charge in [0.25, 0.3) is 17.7 Å². The molecule has 0 aromatic heterocycles. The molecule has 2 aliphatic heterocycles. The SMILES string of the molecule is C=CC(F)(F)C1=C(C#N)C(=O)N(C)C(=O)C1=CC=C1N(C)c2ccccc2C1(C)C. The summed E-state index contributed by atoms with van der Waals surface area (Å²) in [6, 6.07) is 9.30. The van der Waals surface area contributed by atoms with Crippen molar-refractivity contribution in [1.82, 2.24) is 4.90 Å². The van der Waals surface area contributed by atoms with E-state index in [1.807, 2.05) is 50.1 Å². The second kappa shape index (κ2) is 7.06. The second-order valence-corrected chi connectivity index (χ2v) is 7.69. The number of nitrogens with zero attached hydrogens (tertiary/aromatic N) is 3. The molecular formula is C23H21F2N3O2. The monoisotopic (exact) mass is 409 g/mol. The molecule has 30 heavy (non-hydrogen) atoms. The van der Waals surface area contributed by atoms with Crippen molar-refractivity contribution >= 4 is 17.5 Å². The summed E-state index contributed by atoms with van der Waals surface area (Å²) in [7, 11) is 3.01. The van der Waals surface area contributed by atoms with Crippen LogP contribution in [0, 0.1) is 11.3 Å². The topological polar surface area (TPSA) is 64.4 Å². The second-order valence-electron chi connectivity index (χ2n) is 7.69. The van der Waals surface area contributed by atoms with Gasteiger partial charge in [0.2, 0.25) is 0 Å². The van der Waals surface area contributed by atoms with Crippen molar-refractivity contribution in [2.45, 2.75) is 25.2 Å².